The van der Waals surface area contributed by atoms with Gasteiger partial charge in [-0.2, -0.15) is 0 Å². The third-order valence-electron chi connectivity index (χ3n) is 5.41. The molecule has 4 aromatic rings. The van der Waals surface area contributed by atoms with E-state index in [4.69, 9.17) is 4.74 Å². The molecule has 2 amide bonds. The minimum absolute atomic E-state index is 0.205. The number of aromatic nitrogens is 1. The first-order valence-corrected chi connectivity index (χ1v) is 13.5. The number of carbonyl (C=O) groups excluding carboxylic acids is 2. The Bertz CT molecular complexity index is 1510. The van der Waals surface area contributed by atoms with Gasteiger partial charge in [-0.3, -0.25) is 18.9 Å². The van der Waals surface area contributed by atoms with Gasteiger partial charge in [0, 0.05) is 18.9 Å². The molecule has 0 saturated carbocycles. The number of nitrogens with one attached hydrogen (secondary N) is 2. The number of anilines is 2. The number of hydrogen-bond donors (Lipinski definition) is 2. The minimum atomic E-state index is -3.88. The van der Waals surface area contributed by atoms with Crippen molar-refractivity contribution in [2.75, 3.05) is 22.4 Å². The summed E-state index contributed by atoms with van der Waals surface area (Å²) in [5.74, 6) is -0.236. The van der Waals surface area contributed by atoms with Gasteiger partial charge < -0.3 is 15.4 Å². The molecule has 1 aromatic heterocycles. The van der Waals surface area contributed by atoms with Crippen LogP contribution in [-0.4, -0.2) is 38.0 Å². The highest BCUT2D eigenvalue weighted by atomic mass is 32.2. The van der Waals surface area contributed by atoms with Gasteiger partial charge in [-0.05, 0) is 48.0 Å². The van der Waals surface area contributed by atoms with E-state index < -0.39 is 28.4 Å². The average Bonchev–Trinajstić information content (AvgIpc) is 2.92. The largest absolute Gasteiger partial charge is 0.455 e. The summed E-state index contributed by atoms with van der Waals surface area (Å²) < 4.78 is 32.3. The zero-order valence-corrected chi connectivity index (χ0v) is 21.4. The van der Waals surface area contributed by atoms with Gasteiger partial charge >= 0.3 is 0 Å². The fourth-order valence-electron chi connectivity index (χ4n) is 3.64. The third kappa shape index (κ3) is 6.95. The van der Waals surface area contributed by atoms with Gasteiger partial charge in [-0.25, -0.2) is 8.42 Å². The van der Waals surface area contributed by atoms with Crippen molar-refractivity contribution in [3.8, 4) is 11.5 Å². The first-order valence-electron chi connectivity index (χ1n) is 11.7. The maximum atomic E-state index is 13.1. The first-order chi connectivity index (χ1) is 18.3. The molecule has 194 valence electrons. The van der Waals surface area contributed by atoms with Gasteiger partial charge in [-0.15, -0.1) is 0 Å². The van der Waals surface area contributed by atoms with E-state index in [0.717, 1.165) is 16.1 Å². The van der Waals surface area contributed by atoms with Gasteiger partial charge in [-0.1, -0.05) is 48.5 Å². The van der Waals surface area contributed by atoms with E-state index in [2.05, 4.69) is 15.6 Å². The van der Waals surface area contributed by atoms with Crippen LogP contribution < -0.4 is 19.7 Å². The van der Waals surface area contributed by atoms with Crippen LogP contribution in [0.15, 0.2) is 103 Å². The Morgan fingerprint density at radius 3 is 2.34 bits per heavy atom. The van der Waals surface area contributed by atoms with Crippen LogP contribution >= 0.6 is 0 Å². The Kier molecular flexibility index (Phi) is 8.34. The van der Waals surface area contributed by atoms with Crippen molar-refractivity contribution in [1.82, 2.24) is 10.3 Å². The molecule has 0 spiro atoms. The van der Waals surface area contributed by atoms with Crippen molar-refractivity contribution in [3.05, 3.63) is 115 Å². The summed E-state index contributed by atoms with van der Waals surface area (Å²) in [5, 5.41) is 5.47. The number of pyridine rings is 1. The molecule has 4 rings (SSSR count). The highest BCUT2D eigenvalue weighted by molar-refractivity contribution is 7.92. The van der Waals surface area contributed by atoms with Gasteiger partial charge in [0.15, 0.2) is 5.75 Å². The van der Waals surface area contributed by atoms with Crippen molar-refractivity contribution < 1.29 is 22.7 Å². The predicted molar refractivity (Wildman–Crippen MR) is 146 cm³/mol. The number of carbonyl (C=O) groups is 2. The molecule has 9 nitrogen and oxygen atoms in total. The monoisotopic (exact) mass is 530 g/mol. The topological polar surface area (TPSA) is 118 Å². The lowest BCUT2D eigenvalue weighted by atomic mass is 10.1. The molecule has 0 atom stereocenters. The maximum absolute atomic E-state index is 13.1. The molecule has 0 saturated heterocycles. The first kappa shape index (κ1) is 26.4. The Morgan fingerprint density at radius 1 is 0.895 bits per heavy atom. The van der Waals surface area contributed by atoms with Crippen molar-refractivity contribution in [3.63, 3.8) is 0 Å². The zero-order valence-electron chi connectivity index (χ0n) is 20.6. The van der Waals surface area contributed by atoms with Crippen LogP contribution in [-0.2, 0) is 21.4 Å². The molecular weight excluding hydrogens is 504 g/mol. The van der Waals surface area contributed by atoms with Crippen LogP contribution in [0.5, 0.6) is 11.5 Å². The average molecular weight is 531 g/mol. The number of sulfonamides is 1. The molecule has 2 N–H and O–H groups in total. The molecule has 0 fully saturated rings. The zero-order chi connectivity index (χ0) is 27.0. The van der Waals surface area contributed by atoms with Crippen LogP contribution in [0.25, 0.3) is 0 Å². The lowest BCUT2D eigenvalue weighted by Crippen LogP contribution is -2.38. The quantitative estimate of drug-likeness (QED) is 0.317. The molecule has 38 heavy (non-hydrogen) atoms. The summed E-state index contributed by atoms with van der Waals surface area (Å²) in [6.45, 7) is -0.269. The summed E-state index contributed by atoms with van der Waals surface area (Å²) in [7, 11) is -3.88. The normalized spacial score (nSPS) is 10.9. The van der Waals surface area contributed by atoms with E-state index in [0.29, 0.717) is 5.75 Å². The summed E-state index contributed by atoms with van der Waals surface area (Å²) >= 11 is 0. The molecule has 10 heteroatoms. The highest BCUT2D eigenvalue weighted by Crippen LogP contribution is 2.33. The standard InChI is InChI=1S/C28H26N4O5S/c1-38(35,36)32(25-15-7-8-16-26(25)37-22-11-3-2-4-12-22)20-27(33)31-24-14-6-5-13-23(24)28(34)30-19-21-10-9-17-29-18-21/h2-18H,19-20H2,1H3,(H,30,34)(H,31,33). The smallest absolute Gasteiger partial charge is 0.253 e. The van der Waals surface area contributed by atoms with Crippen molar-refractivity contribution in [2.24, 2.45) is 0 Å². The van der Waals surface area contributed by atoms with Gasteiger partial charge in [0.2, 0.25) is 15.9 Å². The third-order valence-corrected chi connectivity index (χ3v) is 6.54. The van der Waals surface area contributed by atoms with Crippen LogP contribution in [0.4, 0.5) is 11.4 Å². The second-order valence-corrected chi connectivity index (χ2v) is 10.2. The summed E-state index contributed by atoms with van der Waals surface area (Å²) in [6, 6.07) is 25.6. The Balaban J connectivity index is 1.52. The summed E-state index contributed by atoms with van der Waals surface area (Å²) in [4.78, 5) is 29.9. The highest BCUT2D eigenvalue weighted by Gasteiger charge is 2.25. The molecule has 0 bridgehead atoms. The van der Waals surface area contributed by atoms with Crippen LogP contribution in [0, 0.1) is 0 Å². The SMILES string of the molecule is CS(=O)(=O)N(CC(=O)Nc1ccccc1C(=O)NCc1cccnc1)c1ccccc1Oc1ccccc1. The van der Waals surface area contributed by atoms with Crippen molar-refractivity contribution in [2.45, 2.75) is 6.54 Å². The number of amides is 2. The number of nitrogens with zero attached hydrogens (tertiary/aromatic N) is 2. The summed E-state index contributed by atoms with van der Waals surface area (Å²) in [5.41, 5.74) is 1.52. The van der Waals surface area contributed by atoms with Crippen LogP contribution in [0.3, 0.4) is 0 Å². The van der Waals surface area contributed by atoms with Gasteiger partial charge in [0.25, 0.3) is 5.91 Å². The molecule has 0 radical (unpaired) electrons. The van der Waals surface area contributed by atoms with Crippen LogP contribution in [0.1, 0.15) is 15.9 Å². The number of benzene rings is 3. The van der Waals surface area contributed by atoms with E-state index in [-0.39, 0.29) is 29.2 Å². The fourth-order valence-corrected chi connectivity index (χ4v) is 4.50. The van der Waals surface area contributed by atoms with E-state index in [1.807, 2.05) is 12.1 Å². The predicted octanol–water partition coefficient (Wildman–Crippen LogP) is 4.21. The Morgan fingerprint density at radius 2 is 1.61 bits per heavy atom. The maximum Gasteiger partial charge on any atom is 0.253 e. The second kappa shape index (κ2) is 12.0. The number of para-hydroxylation sites is 4. The Hall–Kier alpha value is -4.70. The molecule has 0 aliphatic heterocycles. The van der Waals surface area contributed by atoms with E-state index in [9.17, 15) is 18.0 Å². The number of ether oxygens (including phenoxy) is 1. The van der Waals surface area contributed by atoms with Crippen LogP contribution in [0.2, 0.25) is 0 Å². The lowest BCUT2D eigenvalue weighted by Gasteiger charge is -2.24. The van der Waals surface area contributed by atoms with Crippen molar-refractivity contribution in [1.29, 1.82) is 0 Å². The van der Waals surface area contributed by atoms with E-state index in [1.54, 1.807) is 91.3 Å². The number of rotatable bonds is 10. The van der Waals surface area contributed by atoms with Gasteiger partial charge in [0.05, 0.1) is 23.2 Å². The second-order valence-electron chi connectivity index (χ2n) is 8.29. The molecule has 0 unspecified atom stereocenters. The Labute approximate surface area is 221 Å². The molecule has 0 aliphatic carbocycles. The molecular formula is C28H26N4O5S. The molecule has 0 aliphatic rings. The number of hydrogen-bond acceptors (Lipinski definition) is 6. The lowest BCUT2D eigenvalue weighted by molar-refractivity contribution is -0.114. The van der Waals surface area contributed by atoms with E-state index in [1.165, 1.54) is 0 Å². The summed E-state index contributed by atoms with van der Waals surface area (Å²) in [6.07, 6.45) is 4.30. The van der Waals surface area contributed by atoms with Gasteiger partial charge in [0.1, 0.15) is 12.3 Å². The van der Waals surface area contributed by atoms with Crippen molar-refractivity contribution >= 4 is 33.2 Å². The molecule has 1 heterocycles. The van der Waals surface area contributed by atoms with E-state index >= 15 is 0 Å². The molecule has 3 aromatic carbocycles. The fraction of sp³-hybridized carbons (Fsp3) is 0.107. The minimum Gasteiger partial charge on any atom is -0.455 e.